The van der Waals surface area contributed by atoms with Gasteiger partial charge in [0.2, 0.25) is 0 Å². The molecule has 0 unspecified atom stereocenters. The first-order valence-electron chi connectivity index (χ1n) is 9.50. The van der Waals surface area contributed by atoms with Crippen LogP contribution in [0.2, 0.25) is 0 Å². The van der Waals surface area contributed by atoms with E-state index < -0.39 is 29.3 Å². The Morgan fingerprint density at radius 3 is 2.68 bits per heavy atom. The van der Waals surface area contributed by atoms with Crippen molar-refractivity contribution < 1.29 is 29.4 Å². The largest absolute Gasteiger partial charge is 0.480 e. The van der Waals surface area contributed by atoms with Crippen LogP contribution >= 0.6 is 34.4 Å². The highest BCUT2D eigenvalue weighted by Crippen LogP contribution is 2.27. The number of thiazole rings is 2. The Labute approximate surface area is 205 Å². The minimum Gasteiger partial charge on any atom is -0.480 e. The second kappa shape index (κ2) is 11.1. The van der Waals surface area contributed by atoms with Crippen LogP contribution in [0.3, 0.4) is 0 Å². The summed E-state index contributed by atoms with van der Waals surface area (Å²) in [4.78, 5) is 50.3. The number of nitrogens with two attached hydrogens (primary N) is 1. The van der Waals surface area contributed by atoms with Crippen molar-refractivity contribution in [1.82, 2.24) is 20.6 Å². The summed E-state index contributed by atoms with van der Waals surface area (Å²) < 4.78 is 0. The molecule has 0 aliphatic carbocycles. The summed E-state index contributed by atoms with van der Waals surface area (Å²) in [6.07, 6.45) is 3.42. The Bertz CT molecular complexity index is 1190. The number of oxime groups is 1. The second-order valence-corrected chi connectivity index (χ2v) is 9.61. The van der Waals surface area contributed by atoms with Crippen LogP contribution in [0.5, 0.6) is 0 Å². The van der Waals surface area contributed by atoms with Gasteiger partial charge >= 0.3 is 11.9 Å². The first-order valence-corrected chi connectivity index (χ1v) is 12.3. The van der Waals surface area contributed by atoms with E-state index in [1.165, 1.54) is 23.8 Å². The van der Waals surface area contributed by atoms with Gasteiger partial charge in [-0.1, -0.05) is 11.2 Å². The maximum absolute atomic E-state index is 12.8. The Morgan fingerprint density at radius 2 is 2.12 bits per heavy atom. The molecule has 3 heterocycles. The number of carbonyl (C=O) groups is 3. The first-order chi connectivity index (χ1) is 16.2. The Kier molecular flexibility index (Phi) is 8.25. The van der Waals surface area contributed by atoms with Gasteiger partial charge in [-0.25, -0.2) is 19.6 Å². The number of hydrogen-bond acceptors (Lipinski definition) is 12. The van der Waals surface area contributed by atoms with Crippen molar-refractivity contribution in [2.45, 2.75) is 18.3 Å². The monoisotopic (exact) mass is 524 g/mol. The van der Waals surface area contributed by atoms with Crippen LogP contribution in [-0.4, -0.2) is 68.0 Å². The zero-order valence-electron chi connectivity index (χ0n) is 17.8. The van der Waals surface area contributed by atoms with Crippen molar-refractivity contribution in [2.75, 3.05) is 18.6 Å². The number of carboxylic acid groups (broad SMARTS) is 2. The number of carbonyl (C=O) groups excluding carboxylic acids is 1. The van der Waals surface area contributed by atoms with Crippen LogP contribution in [0, 0.1) is 6.92 Å². The van der Waals surface area contributed by atoms with Gasteiger partial charge < -0.3 is 31.4 Å². The third-order valence-electron chi connectivity index (χ3n) is 4.48. The lowest BCUT2D eigenvalue weighted by Gasteiger charge is -2.30. The highest BCUT2D eigenvalue weighted by atomic mass is 32.2. The van der Waals surface area contributed by atoms with Crippen molar-refractivity contribution >= 4 is 69.2 Å². The standard InChI is InChI=1S/C19H20N6O6S3/c1-8-11(34-7-21-8)4-3-9-5-32-16(24-12(9)17(27)28)14(18(29)30)23-15(26)13(25-31-2)10-6-33-19(20)22-10/h3-4,6-7,14,16,24H,5H2,1-2H3,(H2,20,22)(H,23,26)(H,27,28)(H,29,30)/b4-3-,25-13-/t14-,16+/m0/s1. The molecule has 6 N–H and O–H groups in total. The van der Waals surface area contributed by atoms with E-state index in [-0.39, 0.29) is 28.0 Å². The number of allylic oxidation sites excluding steroid dienone is 1. The van der Waals surface area contributed by atoms with E-state index in [0.717, 1.165) is 33.7 Å². The lowest BCUT2D eigenvalue weighted by atomic mass is 10.1. The lowest BCUT2D eigenvalue weighted by molar-refractivity contribution is -0.141. The number of aromatic nitrogens is 2. The summed E-state index contributed by atoms with van der Waals surface area (Å²) >= 11 is 3.63. The number of aliphatic carboxylic acids is 2. The Hall–Kier alpha value is -3.43. The average molecular weight is 525 g/mol. The summed E-state index contributed by atoms with van der Waals surface area (Å²) in [5, 5.41) is 28.9. The fourth-order valence-electron chi connectivity index (χ4n) is 2.85. The van der Waals surface area contributed by atoms with Crippen molar-refractivity contribution in [2.24, 2.45) is 5.16 Å². The third kappa shape index (κ3) is 5.92. The zero-order valence-corrected chi connectivity index (χ0v) is 20.3. The van der Waals surface area contributed by atoms with Gasteiger partial charge in [0, 0.05) is 16.0 Å². The molecule has 3 rings (SSSR count). The predicted octanol–water partition coefficient (Wildman–Crippen LogP) is 1.12. The SMILES string of the molecule is CO/N=C(\C(=O)N[C@H](C(=O)O)[C@@H]1NC(C(=O)O)=C(/C=C\c2scnc2C)CS1)c1csc(N)n1. The first kappa shape index (κ1) is 25.2. The maximum Gasteiger partial charge on any atom is 0.352 e. The molecule has 0 spiro atoms. The van der Waals surface area contributed by atoms with Gasteiger partial charge in [-0.05, 0) is 18.6 Å². The number of carboxylic acids is 2. The molecule has 0 bridgehead atoms. The number of anilines is 1. The summed E-state index contributed by atoms with van der Waals surface area (Å²) in [7, 11) is 1.23. The molecule has 2 aromatic heterocycles. The highest BCUT2D eigenvalue weighted by Gasteiger charge is 2.36. The van der Waals surface area contributed by atoms with Crippen molar-refractivity contribution in [3.63, 3.8) is 0 Å². The van der Waals surface area contributed by atoms with Crippen LogP contribution in [-0.2, 0) is 19.2 Å². The lowest BCUT2D eigenvalue weighted by Crippen LogP contribution is -2.55. The summed E-state index contributed by atoms with van der Waals surface area (Å²) in [5.74, 6) is -3.28. The van der Waals surface area contributed by atoms with Crippen LogP contribution in [0.25, 0.3) is 6.08 Å². The Balaban J connectivity index is 1.81. The number of aryl methyl sites for hydroxylation is 1. The molecule has 180 valence electrons. The molecular weight excluding hydrogens is 504 g/mol. The molecule has 0 aromatic carbocycles. The molecule has 1 aliphatic rings. The second-order valence-electron chi connectivity index (χ2n) is 6.70. The predicted molar refractivity (Wildman–Crippen MR) is 130 cm³/mol. The molecule has 0 saturated carbocycles. The van der Waals surface area contributed by atoms with E-state index >= 15 is 0 Å². The smallest absolute Gasteiger partial charge is 0.352 e. The third-order valence-corrected chi connectivity index (χ3v) is 7.27. The van der Waals surface area contributed by atoms with E-state index in [1.54, 1.807) is 17.7 Å². The summed E-state index contributed by atoms with van der Waals surface area (Å²) in [5.41, 5.74) is 8.28. The fraction of sp³-hybridized carbons (Fsp3) is 0.263. The van der Waals surface area contributed by atoms with Crippen LogP contribution in [0.15, 0.2) is 33.4 Å². The zero-order chi connectivity index (χ0) is 24.8. The molecule has 0 fully saturated rings. The Morgan fingerprint density at radius 1 is 1.35 bits per heavy atom. The van der Waals surface area contributed by atoms with Gasteiger partial charge in [-0.15, -0.1) is 34.4 Å². The number of nitrogens with zero attached hydrogens (tertiary/aromatic N) is 3. The van der Waals surface area contributed by atoms with Gasteiger partial charge in [0.05, 0.1) is 11.2 Å². The van der Waals surface area contributed by atoms with Crippen molar-refractivity contribution in [3.05, 3.63) is 44.5 Å². The van der Waals surface area contributed by atoms with Crippen LogP contribution in [0.1, 0.15) is 16.3 Å². The van der Waals surface area contributed by atoms with Gasteiger partial charge in [0.25, 0.3) is 5.91 Å². The normalized spacial score (nSPS) is 17.4. The van der Waals surface area contributed by atoms with E-state index in [4.69, 9.17) is 10.6 Å². The number of nitrogen functional groups attached to an aromatic ring is 1. The molecule has 34 heavy (non-hydrogen) atoms. The molecule has 12 nitrogen and oxygen atoms in total. The van der Waals surface area contributed by atoms with E-state index in [9.17, 15) is 24.6 Å². The molecule has 1 aliphatic heterocycles. The number of thioether (sulfide) groups is 1. The van der Waals surface area contributed by atoms with Gasteiger partial charge in [-0.3, -0.25) is 4.79 Å². The minimum atomic E-state index is -1.49. The van der Waals surface area contributed by atoms with E-state index in [1.807, 2.05) is 6.92 Å². The number of hydrogen-bond donors (Lipinski definition) is 5. The van der Waals surface area contributed by atoms with E-state index in [2.05, 4.69) is 25.8 Å². The fourth-order valence-corrected chi connectivity index (χ4v) is 5.27. The summed E-state index contributed by atoms with van der Waals surface area (Å²) in [6, 6.07) is -1.49. The highest BCUT2D eigenvalue weighted by molar-refractivity contribution is 8.00. The minimum absolute atomic E-state index is 0.118. The molecule has 0 saturated heterocycles. The molecule has 2 atom stereocenters. The molecule has 15 heteroatoms. The van der Waals surface area contributed by atoms with Crippen LogP contribution < -0.4 is 16.4 Å². The van der Waals surface area contributed by atoms with Gasteiger partial charge in [0.1, 0.15) is 23.9 Å². The molecule has 2 aromatic rings. The number of nitrogens with one attached hydrogen (secondary N) is 2. The maximum atomic E-state index is 12.8. The van der Waals surface area contributed by atoms with Gasteiger partial charge in [0.15, 0.2) is 16.9 Å². The molecular formula is C19H20N6O6S3. The number of rotatable bonds is 9. The summed E-state index contributed by atoms with van der Waals surface area (Å²) in [6.45, 7) is 1.84. The average Bonchev–Trinajstić information content (AvgIpc) is 3.41. The van der Waals surface area contributed by atoms with Crippen LogP contribution in [0.4, 0.5) is 5.13 Å². The van der Waals surface area contributed by atoms with E-state index in [0.29, 0.717) is 5.57 Å². The molecule has 0 radical (unpaired) electrons. The van der Waals surface area contributed by atoms with Crippen molar-refractivity contribution in [1.29, 1.82) is 0 Å². The molecule has 1 amide bonds. The van der Waals surface area contributed by atoms with Gasteiger partial charge in [-0.2, -0.15) is 0 Å². The topological polar surface area (TPSA) is 189 Å². The van der Waals surface area contributed by atoms with Crippen molar-refractivity contribution in [3.8, 4) is 0 Å². The quantitative estimate of drug-likeness (QED) is 0.233. The number of amides is 1.